The number of hydrogen-bond acceptors (Lipinski definition) is 4. The van der Waals surface area contributed by atoms with Gasteiger partial charge in [-0.15, -0.1) is 0 Å². The molecule has 0 amide bonds. The molecule has 1 aromatic carbocycles. The number of nitrogens with zero attached hydrogens (tertiary/aromatic N) is 3. The minimum atomic E-state index is 0.813. The molecular formula is C17H18N4. The van der Waals surface area contributed by atoms with Gasteiger partial charge in [-0.1, -0.05) is 18.2 Å². The molecule has 0 saturated heterocycles. The maximum absolute atomic E-state index is 4.76. The van der Waals surface area contributed by atoms with Crippen molar-refractivity contribution in [3.8, 4) is 11.3 Å². The zero-order valence-corrected chi connectivity index (χ0v) is 12.5. The molecule has 0 spiro atoms. The van der Waals surface area contributed by atoms with E-state index in [9.17, 15) is 0 Å². The van der Waals surface area contributed by atoms with Gasteiger partial charge >= 0.3 is 0 Å². The van der Waals surface area contributed by atoms with Gasteiger partial charge in [-0.25, -0.2) is 9.97 Å². The molecule has 0 atom stereocenters. The molecule has 1 N–H and O–H groups in total. The van der Waals surface area contributed by atoms with E-state index in [1.807, 2.05) is 38.2 Å². The zero-order chi connectivity index (χ0) is 14.8. The number of nitrogens with one attached hydrogen (secondary N) is 1. The summed E-state index contributed by atoms with van der Waals surface area (Å²) >= 11 is 0. The molecule has 2 heterocycles. The number of benzene rings is 1. The smallest absolute Gasteiger partial charge is 0.152 e. The number of pyridine rings is 1. The van der Waals surface area contributed by atoms with Gasteiger partial charge in [-0.05, 0) is 32.9 Å². The van der Waals surface area contributed by atoms with Crippen molar-refractivity contribution >= 4 is 16.7 Å². The molecule has 0 aliphatic rings. The van der Waals surface area contributed by atoms with Gasteiger partial charge in [0.25, 0.3) is 0 Å². The van der Waals surface area contributed by atoms with Crippen LogP contribution < -0.4 is 5.32 Å². The molecule has 0 unspecified atom stereocenters. The zero-order valence-electron chi connectivity index (χ0n) is 12.5. The number of aryl methyl sites for hydroxylation is 2. The van der Waals surface area contributed by atoms with Crippen molar-refractivity contribution in [2.75, 3.05) is 11.9 Å². The number of aromatic nitrogens is 3. The maximum Gasteiger partial charge on any atom is 0.152 e. The average molecular weight is 278 g/mol. The van der Waals surface area contributed by atoms with Crippen LogP contribution in [0, 0.1) is 13.8 Å². The Labute approximate surface area is 124 Å². The molecule has 2 aromatic heterocycles. The first-order chi connectivity index (χ1) is 10.2. The second-order valence-electron chi connectivity index (χ2n) is 5.00. The van der Waals surface area contributed by atoms with Gasteiger partial charge in [0.15, 0.2) is 5.82 Å². The van der Waals surface area contributed by atoms with Crippen molar-refractivity contribution in [1.82, 2.24) is 15.0 Å². The lowest BCUT2D eigenvalue weighted by atomic mass is 10.0. The van der Waals surface area contributed by atoms with Gasteiger partial charge in [0, 0.05) is 23.7 Å². The van der Waals surface area contributed by atoms with Crippen LogP contribution in [-0.4, -0.2) is 21.5 Å². The molecule has 0 saturated carbocycles. The third kappa shape index (κ3) is 2.44. The predicted molar refractivity (Wildman–Crippen MR) is 86.4 cm³/mol. The summed E-state index contributed by atoms with van der Waals surface area (Å²) in [5.41, 5.74) is 4.82. The third-order valence-electron chi connectivity index (χ3n) is 3.55. The summed E-state index contributed by atoms with van der Waals surface area (Å²) < 4.78 is 0. The molecule has 0 fully saturated rings. The summed E-state index contributed by atoms with van der Waals surface area (Å²) in [4.78, 5) is 13.8. The Kier molecular flexibility index (Phi) is 3.52. The standard InChI is InChI=1S/C17H18N4/c1-4-18-17-16(20-11(2)12(3)21-17)14-7-5-9-15-13(14)8-6-10-19-15/h5-10H,4H2,1-3H3,(H,18,21). The lowest BCUT2D eigenvalue weighted by Crippen LogP contribution is -2.06. The molecule has 4 heteroatoms. The van der Waals surface area contributed by atoms with Crippen LogP contribution in [0.25, 0.3) is 22.2 Å². The number of rotatable bonds is 3. The summed E-state index contributed by atoms with van der Waals surface area (Å²) in [6.45, 7) is 6.85. The largest absolute Gasteiger partial charge is 0.369 e. The first-order valence-corrected chi connectivity index (χ1v) is 7.14. The van der Waals surface area contributed by atoms with Crippen molar-refractivity contribution in [2.45, 2.75) is 20.8 Å². The minimum Gasteiger partial charge on any atom is -0.369 e. The lowest BCUT2D eigenvalue weighted by molar-refractivity contribution is 1.03. The van der Waals surface area contributed by atoms with E-state index in [2.05, 4.69) is 34.3 Å². The first-order valence-electron chi connectivity index (χ1n) is 7.14. The molecule has 0 bridgehead atoms. The Balaban J connectivity index is 2.29. The summed E-state index contributed by atoms with van der Waals surface area (Å²) in [5, 5.41) is 4.41. The van der Waals surface area contributed by atoms with Gasteiger partial charge < -0.3 is 5.32 Å². The minimum absolute atomic E-state index is 0.813. The highest BCUT2D eigenvalue weighted by Gasteiger charge is 2.13. The van der Waals surface area contributed by atoms with Crippen LogP contribution in [-0.2, 0) is 0 Å². The van der Waals surface area contributed by atoms with Gasteiger partial charge in [0.05, 0.1) is 16.9 Å². The highest BCUT2D eigenvalue weighted by atomic mass is 15.0. The van der Waals surface area contributed by atoms with Crippen molar-refractivity contribution in [2.24, 2.45) is 0 Å². The summed E-state index contributed by atoms with van der Waals surface area (Å²) in [6, 6.07) is 10.1. The van der Waals surface area contributed by atoms with Crippen LogP contribution in [0.15, 0.2) is 36.5 Å². The van der Waals surface area contributed by atoms with E-state index in [1.165, 1.54) is 0 Å². The predicted octanol–water partition coefficient (Wildman–Crippen LogP) is 3.74. The van der Waals surface area contributed by atoms with Crippen LogP contribution in [0.5, 0.6) is 0 Å². The fourth-order valence-corrected chi connectivity index (χ4v) is 2.39. The maximum atomic E-state index is 4.76. The van der Waals surface area contributed by atoms with E-state index >= 15 is 0 Å². The fourth-order valence-electron chi connectivity index (χ4n) is 2.39. The van der Waals surface area contributed by atoms with Crippen LogP contribution in [0.3, 0.4) is 0 Å². The molecule has 3 rings (SSSR count). The normalized spacial score (nSPS) is 10.8. The summed E-state index contributed by atoms with van der Waals surface area (Å²) in [7, 11) is 0. The van der Waals surface area contributed by atoms with Crippen molar-refractivity contribution in [1.29, 1.82) is 0 Å². The van der Waals surface area contributed by atoms with E-state index in [4.69, 9.17) is 4.98 Å². The quantitative estimate of drug-likeness (QED) is 0.793. The monoisotopic (exact) mass is 278 g/mol. The third-order valence-corrected chi connectivity index (χ3v) is 3.55. The van der Waals surface area contributed by atoms with E-state index in [-0.39, 0.29) is 0 Å². The van der Waals surface area contributed by atoms with Crippen LogP contribution in [0.2, 0.25) is 0 Å². The van der Waals surface area contributed by atoms with E-state index in [1.54, 1.807) is 0 Å². The van der Waals surface area contributed by atoms with E-state index in [0.717, 1.165) is 45.9 Å². The molecule has 4 nitrogen and oxygen atoms in total. The number of fused-ring (bicyclic) bond motifs is 1. The fraction of sp³-hybridized carbons (Fsp3) is 0.235. The van der Waals surface area contributed by atoms with Gasteiger partial charge in [-0.2, -0.15) is 0 Å². The average Bonchev–Trinajstić information content (AvgIpc) is 2.50. The number of hydrogen-bond donors (Lipinski definition) is 1. The Morgan fingerprint density at radius 3 is 2.62 bits per heavy atom. The van der Waals surface area contributed by atoms with Crippen LogP contribution in [0.4, 0.5) is 5.82 Å². The second-order valence-corrected chi connectivity index (χ2v) is 5.00. The van der Waals surface area contributed by atoms with Gasteiger partial charge in [-0.3, -0.25) is 4.98 Å². The second kappa shape index (κ2) is 5.48. The molecule has 21 heavy (non-hydrogen) atoms. The molecular weight excluding hydrogens is 260 g/mol. The van der Waals surface area contributed by atoms with E-state index < -0.39 is 0 Å². The van der Waals surface area contributed by atoms with Crippen molar-refractivity contribution < 1.29 is 0 Å². The molecule has 3 aromatic rings. The Hall–Kier alpha value is -2.49. The highest BCUT2D eigenvalue weighted by molar-refractivity contribution is 5.95. The Morgan fingerprint density at radius 1 is 1.00 bits per heavy atom. The first kappa shape index (κ1) is 13.5. The van der Waals surface area contributed by atoms with Crippen molar-refractivity contribution in [3.05, 3.63) is 47.9 Å². The molecule has 0 radical (unpaired) electrons. The highest BCUT2D eigenvalue weighted by Crippen LogP contribution is 2.31. The van der Waals surface area contributed by atoms with Crippen LogP contribution in [0.1, 0.15) is 18.3 Å². The Morgan fingerprint density at radius 2 is 1.81 bits per heavy atom. The molecule has 106 valence electrons. The number of anilines is 1. The van der Waals surface area contributed by atoms with Gasteiger partial charge in [0.1, 0.15) is 5.69 Å². The SMILES string of the molecule is CCNc1nc(C)c(C)nc1-c1cccc2ncccc12. The Bertz CT molecular complexity index is 791. The topological polar surface area (TPSA) is 50.7 Å². The summed E-state index contributed by atoms with van der Waals surface area (Å²) in [6.07, 6.45) is 1.81. The summed E-state index contributed by atoms with van der Waals surface area (Å²) in [5.74, 6) is 0.831. The van der Waals surface area contributed by atoms with E-state index in [0.29, 0.717) is 0 Å². The molecule has 0 aliphatic heterocycles. The van der Waals surface area contributed by atoms with Crippen LogP contribution >= 0.6 is 0 Å². The molecule has 0 aliphatic carbocycles. The van der Waals surface area contributed by atoms with Crippen molar-refractivity contribution in [3.63, 3.8) is 0 Å². The van der Waals surface area contributed by atoms with Gasteiger partial charge in [0.2, 0.25) is 0 Å². The lowest BCUT2D eigenvalue weighted by Gasteiger charge is -2.13.